The van der Waals surface area contributed by atoms with Crippen LogP contribution >= 0.6 is 11.3 Å². The SMILES string of the molecule is CCC(Nc1ccc(C(C)C)cc1)c1cccs1. The van der Waals surface area contributed by atoms with E-state index in [0.717, 1.165) is 6.42 Å². The van der Waals surface area contributed by atoms with E-state index in [2.05, 4.69) is 67.9 Å². The van der Waals surface area contributed by atoms with Crippen LogP contribution in [0.15, 0.2) is 41.8 Å². The van der Waals surface area contributed by atoms with Crippen LogP contribution in [0, 0.1) is 0 Å². The van der Waals surface area contributed by atoms with E-state index in [9.17, 15) is 0 Å². The lowest BCUT2D eigenvalue weighted by Crippen LogP contribution is -2.07. The van der Waals surface area contributed by atoms with Gasteiger partial charge in [-0.25, -0.2) is 0 Å². The van der Waals surface area contributed by atoms with Gasteiger partial charge in [-0.1, -0.05) is 39.0 Å². The monoisotopic (exact) mass is 259 g/mol. The summed E-state index contributed by atoms with van der Waals surface area (Å²) >= 11 is 1.82. The van der Waals surface area contributed by atoms with Crippen molar-refractivity contribution in [2.75, 3.05) is 5.32 Å². The molecular weight excluding hydrogens is 238 g/mol. The Labute approximate surface area is 114 Å². The molecule has 0 fully saturated rings. The second-order valence-corrected chi connectivity index (χ2v) is 5.88. The molecule has 18 heavy (non-hydrogen) atoms. The van der Waals surface area contributed by atoms with Crippen molar-refractivity contribution >= 4 is 17.0 Å². The number of benzene rings is 1. The van der Waals surface area contributed by atoms with Gasteiger partial charge in [0.25, 0.3) is 0 Å². The smallest absolute Gasteiger partial charge is 0.0603 e. The van der Waals surface area contributed by atoms with Crippen molar-refractivity contribution in [1.82, 2.24) is 0 Å². The fraction of sp³-hybridized carbons (Fsp3) is 0.375. The Balaban J connectivity index is 2.08. The second-order valence-electron chi connectivity index (χ2n) is 4.90. The van der Waals surface area contributed by atoms with E-state index in [4.69, 9.17) is 0 Å². The van der Waals surface area contributed by atoms with Crippen molar-refractivity contribution < 1.29 is 0 Å². The highest BCUT2D eigenvalue weighted by molar-refractivity contribution is 7.10. The van der Waals surface area contributed by atoms with E-state index >= 15 is 0 Å². The van der Waals surface area contributed by atoms with Crippen molar-refractivity contribution in [2.24, 2.45) is 0 Å². The van der Waals surface area contributed by atoms with Crippen molar-refractivity contribution in [1.29, 1.82) is 0 Å². The summed E-state index contributed by atoms with van der Waals surface area (Å²) in [6.07, 6.45) is 1.10. The summed E-state index contributed by atoms with van der Waals surface area (Å²) in [6, 6.07) is 13.6. The lowest BCUT2D eigenvalue weighted by Gasteiger charge is -2.17. The van der Waals surface area contributed by atoms with Gasteiger partial charge in [-0.2, -0.15) is 0 Å². The van der Waals surface area contributed by atoms with Crippen molar-refractivity contribution in [3.8, 4) is 0 Å². The molecule has 1 unspecified atom stereocenters. The Morgan fingerprint density at radius 3 is 2.33 bits per heavy atom. The van der Waals surface area contributed by atoms with Crippen LogP contribution in [-0.4, -0.2) is 0 Å². The first kappa shape index (κ1) is 13.2. The molecule has 1 N–H and O–H groups in total. The highest BCUT2D eigenvalue weighted by Crippen LogP contribution is 2.26. The number of hydrogen-bond acceptors (Lipinski definition) is 2. The molecule has 0 saturated heterocycles. The lowest BCUT2D eigenvalue weighted by atomic mass is 10.0. The van der Waals surface area contributed by atoms with Crippen LogP contribution < -0.4 is 5.32 Å². The molecule has 1 aromatic carbocycles. The third-order valence-corrected chi connectivity index (χ3v) is 4.20. The molecule has 0 aliphatic heterocycles. The number of hydrogen-bond donors (Lipinski definition) is 1. The van der Waals surface area contributed by atoms with Crippen LogP contribution in [0.2, 0.25) is 0 Å². The Kier molecular flexibility index (Phi) is 4.43. The second kappa shape index (κ2) is 6.05. The van der Waals surface area contributed by atoms with Crippen molar-refractivity contribution in [3.05, 3.63) is 52.2 Å². The van der Waals surface area contributed by atoms with Crippen molar-refractivity contribution in [3.63, 3.8) is 0 Å². The number of anilines is 1. The van der Waals surface area contributed by atoms with E-state index in [-0.39, 0.29) is 0 Å². The van der Waals surface area contributed by atoms with Gasteiger partial charge < -0.3 is 5.32 Å². The summed E-state index contributed by atoms with van der Waals surface area (Å²) in [6.45, 7) is 6.67. The molecule has 0 aliphatic carbocycles. The van der Waals surface area contributed by atoms with E-state index in [1.807, 2.05) is 11.3 Å². The minimum absolute atomic E-state index is 0.426. The van der Waals surface area contributed by atoms with Gasteiger partial charge in [0.05, 0.1) is 6.04 Å². The summed E-state index contributed by atoms with van der Waals surface area (Å²) in [5.41, 5.74) is 2.60. The number of rotatable bonds is 5. The maximum atomic E-state index is 3.61. The van der Waals surface area contributed by atoms with Crippen LogP contribution in [0.25, 0.3) is 0 Å². The Morgan fingerprint density at radius 2 is 1.83 bits per heavy atom. The van der Waals surface area contributed by atoms with Crippen LogP contribution in [0.5, 0.6) is 0 Å². The summed E-state index contributed by atoms with van der Waals surface area (Å²) in [5, 5.41) is 5.75. The molecule has 0 saturated carbocycles. The zero-order chi connectivity index (χ0) is 13.0. The largest absolute Gasteiger partial charge is 0.377 e. The highest BCUT2D eigenvalue weighted by Gasteiger charge is 2.09. The van der Waals surface area contributed by atoms with Gasteiger partial charge in [0.15, 0.2) is 0 Å². The number of nitrogens with one attached hydrogen (secondary N) is 1. The third kappa shape index (κ3) is 3.14. The van der Waals surface area contributed by atoms with Gasteiger partial charge in [-0.15, -0.1) is 11.3 Å². The first-order valence-corrected chi connectivity index (χ1v) is 7.48. The summed E-state index contributed by atoms with van der Waals surface area (Å²) in [7, 11) is 0. The maximum Gasteiger partial charge on any atom is 0.0603 e. The molecule has 2 heteroatoms. The fourth-order valence-electron chi connectivity index (χ4n) is 2.03. The molecule has 0 bridgehead atoms. The molecular formula is C16H21NS. The highest BCUT2D eigenvalue weighted by atomic mass is 32.1. The van der Waals surface area contributed by atoms with E-state index in [0.29, 0.717) is 12.0 Å². The van der Waals surface area contributed by atoms with Crippen molar-refractivity contribution in [2.45, 2.75) is 39.2 Å². The topological polar surface area (TPSA) is 12.0 Å². The standard InChI is InChI=1S/C16H21NS/c1-4-15(16-6-5-11-18-16)17-14-9-7-13(8-10-14)12(2)3/h5-12,15,17H,4H2,1-3H3. The fourth-order valence-corrected chi connectivity index (χ4v) is 2.89. The zero-order valence-corrected chi connectivity index (χ0v) is 12.1. The molecule has 2 aromatic rings. The van der Waals surface area contributed by atoms with E-state index in [1.165, 1.54) is 16.1 Å². The van der Waals surface area contributed by atoms with Crippen LogP contribution in [-0.2, 0) is 0 Å². The molecule has 0 radical (unpaired) electrons. The summed E-state index contributed by atoms with van der Waals surface area (Å²) < 4.78 is 0. The zero-order valence-electron chi connectivity index (χ0n) is 11.3. The van der Waals surface area contributed by atoms with Gasteiger partial charge in [-0.3, -0.25) is 0 Å². The van der Waals surface area contributed by atoms with Gasteiger partial charge in [0, 0.05) is 10.6 Å². The van der Waals surface area contributed by atoms with Gasteiger partial charge in [0.2, 0.25) is 0 Å². The molecule has 0 spiro atoms. The normalized spacial score (nSPS) is 12.7. The van der Waals surface area contributed by atoms with Gasteiger partial charge in [-0.05, 0) is 41.5 Å². The Hall–Kier alpha value is -1.28. The van der Waals surface area contributed by atoms with Gasteiger partial charge in [0.1, 0.15) is 0 Å². The predicted octanol–water partition coefficient (Wildman–Crippen LogP) is 5.43. The summed E-state index contributed by atoms with van der Waals surface area (Å²) in [4.78, 5) is 1.41. The minimum Gasteiger partial charge on any atom is -0.377 e. The van der Waals surface area contributed by atoms with Crippen LogP contribution in [0.3, 0.4) is 0 Å². The average Bonchev–Trinajstić information content (AvgIpc) is 2.90. The minimum atomic E-state index is 0.426. The van der Waals surface area contributed by atoms with Gasteiger partial charge >= 0.3 is 0 Å². The first-order chi connectivity index (χ1) is 8.70. The maximum absolute atomic E-state index is 3.61. The molecule has 1 atom stereocenters. The van der Waals surface area contributed by atoms with Crippen LogP contribution in [0.1, 0.15) is 49.6 Å². The Morgan fingerprint density at radius 1 is 1.11 bits per heavy atom. The predicted molar refractivity (Wildman–Crippen MR) is 81.5 cm³/mol. The van der Waals surface area contributed by atoms with E-state index < -0.39 is 0 Å². The van der Waals surface area contributed by atoms with E-state index in [1.54, 1.807) is 0 Å². The molecule has 1 nitrogen and oxygen atoms in total. The quantitative estimate of drug-likeness (QED) is 0.754. The van der Waals surface area contributed by atoms with Crippen LogP contribution in [0.4, 0.5) is 5.69 Å². The Bertz CT molecular complexity index is 456. The molecule has 0 amide bonds. The molecule has 0 aliphatic rings. The average molecular weight is 259 g/mol. The molecule has 1 heterocycles. The first-order valence-electron chi connectivity index (χ1n) is 6.60. The lowest BCUT2D eigenvalue weighted by molar-refractivity contribution is 0.763. The molecule has 96 valence electrons. The third-order valence-electron chi connectivity index (χ3n) is 3.21. The molecule has 2 rings (SSSR count). The molecule has 1 aromatic heterocycles. The summed E-state index contributed by atoms with van der Waals surface area (Å²) in [5.74, 6) is 0.596. The number of thiophene rings is 1.